The van der Waals surface area contributed by atoms with Crippen molar-refractivity contribution in [3.63, 3.8) is 0 Å². The van der Waals surface area contributed by atoms with Crippen molar-refractivity contribution in [2.75, 3.05) is 7.11 Å². The van der Waals surface area contributed by atoms with Gasteiger partial charge >= 0.3 is 5.63 Å². The van der Waals surface area contributed by atoms with Gasteiger partial charge in [0.25, 0.3) is 5.91 Å². The summed E-state index contributed by atoms with van der Waals surface area (Å²) in [6.45, 7) is 1.62. The molecule has 26 heavy (non-hydrogen) atoms. The maximum Gasteiger partial charge on any atom is 0.345 e. The van der Waals surface area contributed by atoms with Crippen molar-refractivity contribution in [3.8, 4) is 5.75 Å². The highest BCUT2D eigenvalue weighted by Gasteiger charge is 2.11. The van der Waals surface area contributed by atoms with Crippen molar-refractivity contribution < 1.29 is 13.9 Å². The van der Waals surface area contributed by atoms with Gasteiger partial charge in [0.15, 0.2) is 0 Å². The predicted molar refractivity (Wildman–Crippen MR) is 103 cm³/mol. The lowest BCUT2D eigenvalue weighted by Crippen LogP contribution is -2.21. The summed E-state index contributed by atoms with van der Waals surface area (Å²) in [5.74, 6) is 0.262. The molecule has 132 valence electrons. The van der Waals surface area contributed by atoms with E-state index < -0.39 is 5.63 Å². The second kappa shape index (κ2) is 7.53. The molecule has 6 nitrogen and oxygen atoms in total. The number of hydrogen-bond acceptors (Lipinski definition) is 5. The molecule has 0 fully saturated rings. The Kier molecular flexibility index (Phi) is 5.18. The van der Waals surface area contributed by atoms with E-state index in [1.54, 1.807) is 56.5 Å². The second-order valence-corrected chi connectivity index (χ2v) is 6.32. The number of halogens is 1. The van der Waals surface area contributed by atoms with Crippen LogP contribution in [0.25, 0.3) is 11.0 Å². The second-order valence-electron chi connectivity index (χ2n) is 5.47. The first kappa shape index (κ1) is 17.9. The van der Waals surface area contributed by atoms with Crippen LogP contribution in [0.1, 0.15) is 22.8 Å². The molecule has 1 aromatic heterocycles. The van der Waals surface area contributed by atoms with E-state index in [0.29, 0.717) is 32.5 Å². The first-order chi connectivity index (χ1) is 12.5. The highest BCUT2D eigenvalue weighted by atomic mass is 79.9. The molecule has 0 aliphatic heterocycles. The number of amides is 1. The zero-order chi connectivity index (χ0) is 18.7. The van der Waals surface area contributed by atoms with Gasteiger partial charge < -0.3 is 9.15 Å². The van der Waals surface area contributed by atoms with Crippen molar-refractivity contribution in [2.45, 2.75) is 6.92 Å². The van der Waals surface area contributed by atoms with Crippen LogP contribution in [-0.4, -0.2) is 18.7 Å². The van der Waals surface area contributed by atoms with Gasteiger partial charge in [-0.1, -0.05) is 12.1 Å². The first-order valence-corrected chi connectivity index (χ1v) is 8.50. The molecular weight excluding hydrogens is 400 g/mol. The number of methoxy groups -OCH3 is 1. The SMILES string of the molecule is COc1ccc2oc(=O)c(/C(C)=N/NC(=O)c3ccccc3Br)cc2c1. The van der Waals surface area contributed by atoms with E-state index in [0.717, 1.165) is 0 Å². The van der Waals surface area contributed by atoms with E-state index in [1.165, 1.54) is 0 Å². The quantitative estimate of drug-likeness (QED) is 0.400. The number of benzene rings is 2. The average Bonchev–Trinajstić information content (AvgIpc) is 2.65. The van der Waals surface area contributed by atoms with Crippen molar-refractivity contribution in [3.05, 3.63) is 74.6 Å². The number of hydrogen-bond donors (Lipinski definition) is 1. The van der Waals surface area contributed by atoms with E-state index >= 15 is 0 Å². The van der Waals surface area contributed by atoms with Gasteiger partial charge in [-0.15, -0.1) is 0 Å². The molecule has 1 amide bonds. The van der Waals surface area contributed by atoms with Crippen LogP contribution in [0.2, 0.25) is 0 Å². The van der Waals surface area contributed by atoms with Gasteiger partial charge in [0, 0.05) is 9.86 Å². The Morgan fingerprint density at radius 3 is 2.65 bits per heavy atom. The fraction of sp³-hybridized carbons (Fsp3) is 0.105. The van der Waals surface area contributed by atoms with Gasteiger partial charge in [-0.3, -0.25) is 4.79 Å². The summed E-state index contributed by atoms with van der Waals surface area (Å²) in [6, 6.07) is 13.8. The Labute approximate surface area is 157 Å². The Morgan fingerprint density at radius 2 is 1.92 bits per heavy atom. The molecule has 1 heterocycles. The summed E-state index contributed by atoms with van der Waals surface area (Å²) in [6.07, 6.45) is 0. The fourth-order valence-corrected chi connectivity index (χ4v) is 2.85. The lowest BCUT2D eigenvalue weighted by Gasteiger charge is -2.05. The highest BCUT2D eigenvalue weighted by Crippen LogP contribution is 2.20. The summed E-state index contributed by atoms with van der Waals surface area (Å²) in [4.78, 5) is 24.4. The molecule has 0 spiro atoms. The third kappa shape index (κ3) is 3.67. The van der Waals surface area contributed by atoms with Crippen LogP contribution in [-0.2, 0) is 0 Å². The predicted octanol–water partition coefficient (Wildman–Crippen LogP) is 3.72. The number of rotatable bonds is 4. The maximum atomic E-state index is 12.2. The molecular formula is C19H15BrN2O4. The van der Waals surface area contributed by atoms with Crippen molar-refractivity contribution >= 4 is 38.5 Å². The van der Waals surface area contributed by atoms with E-state index in [-0.39, 0.29) is 11.5 Å². The molecule has 3 rings (SSSR count). The molecule has 1 N–H and O–H groups in total. The Morgan fingerprint density at radius 1 is 1.15 bits per heavy atom. The lowest BCUT2D eigenvalue weighted by molar-refractivity contribution is 0.0954. The smallest absolute Gasteiger partial charge is 0.345 e. The minimum absolute atomic E-state index is 0.262. The maximum absolute atomic E-state index is 12.2. The molecule has 0 radical (unpaired) electrons. The number of carbonyl (C=O) groups excluding carboxylic acids is 1. The summed E-state index contributed by atoms with van der Waals surface area (Å²) in [5, 5.41) is 4.73. The molecule has 0 atom stereocenters. The highest BCUT2D eigenvalue weighted by molar-refractivity contribution is 9.10. The molecule has 2 aromatic carbocycles. The van der Waals surface area contributed by atoms with Crippen molar-refractivity contribution in [1.82, 2.24) is 5.43 Å². The summed E-state index contributed by atoms with van der Waals surface area (Å²) >= 11 is 3.31. The van der Waals surface area contributed by atoms with E-state index in [2.05, 4.69) is 26.5 Å². The number of hydrazone groups is 1. The molecule has 7 heteroatoms. The first-order valence-electron chi connectivity index (χ1n) is 7.71. The third-order valence-corrected chi connectivity index (χ3v) is 4.46. The molecule has 0 saturated carbocycles. The number of fused-ring (bicyclic) bond motifs is 1. The van der Waals surface area contributed by atoms with E-state index in [9.17, 15) is 9.59 Å². The van der Waals surface area contributed by atoms with Crippen LogP contribution < -0.4 is 15.8 Å². The van der Waals surface area contributed by atoms with Crippen LogP contribution >= 0.6 is 15.9 Å². The van der Waals surface area contributed by atoms with Crippen molar-refractivity contribution in [2.24, 2.45) is 5.10 Å². The monoisotopic (exact) mass is 414 g/mol. The minimum Gasteiger partial charge on any atom is -0.497 e. The third-order valence-electron chi connectivity index (χ3n) is 3.77. The van der Waals surface area contributed by atoms with Gasteiger partial charge in [-0.25, -0.2) is 10.2 Å². The minimum atomic E-state index is -0.529. The Hall–Kier alpha value is -2.93. The molecule has 0 unspecified atom stereocenters. The zero-order valence-electron chi connectivity index (χ0n) is 14.1. The van der Waals surface area contributed by atoms with Crippen LogP contribution in [0.3, 0.4) is 0 Å². The van der Waals surface area contributed by atoms with Crippen LogP contribution in [0, 0.1) is 0 Å². The molecule has 0 aliphatic rings. The summed E-state index contributed by atoms with van der Waals surface area (Å²) in [5.41, 5.74) is 3.41. The topological polar surface area (TPSA) is 80.9 Å². The van der Waals surface area contributed by atoms with E-state index in [1.807, 2.05) is 6.07 Å². The molecule has 0 aliphatic carbocycles. The van der Waals surface area contributed by atoms with Crippen LogP contribution in [0.4, 0.5) is 0 Å². The normalized spacial score (nSPS) is 11.4. The Bertz CT molecular complexity index is 1070. The van der Waals surface area contributed by atoms with E-state index in [4.69, 9.17) is 9.15 Å². The number of nitrogens with zero attached hydrogens (tertiary/aromatic N) is 1. The van der Waals surface area contributed by atoms with Crippen molar-refractivity contribution in [1.29, 1.82) is 0 Å². The van der Waals surface area contributed by atoms with Gasteiger partial charge in [-0.05, 0) is 59.3 Å². The van der Waals surface area contributed by atoms with Crippen LogP contribution in [0.5, 0.6) is 5.75 Å². The largest absolute Gasteiger partial charge is 0.497 e. The number of carbonyl (C=O) groups is 1. The van der Waals surface area contributed by atoms with Gasteiger partial charge in [0.05, 0.1) is 23.9 Å². The van der Waals surface area contributed by atoms with Gasteiger partial charge in [0.1, 0.15) is 11.3 Å². The number of nitrogens with one attached hydrogen (secondary N) is 1. The average molecular weight is 415 g/mol. The lowest BCUT2D eigenvalue weighted by atomic mass is 10.1. The standard InChI is InChI=1S/C19H15BrN2O4/c1-11(21-22-18(23)14-5-3-4-6-16(14)20)15-10-12-9-13(25-2)7-8-17(12)26-19(15)24/h3-10H,1-2H3,(H,22,23)/b21-11+. The zero-order valence-corrected chi connectivity index (χ0v) is 15.7. The van der Waals surface area contributed by atoms with Crippen LogP contribution in [0.15, 0.2) is 67.3 Å². The Balaban J connectivity index is 1.91. The fourth-order valence-electron chi connectivity index (χ4n) is 2.38. The van der Waals surface area contributed by atoms with Gasteiger partial charge in [-0.2, -0.15) is 5.10 Å². The molecule has 0 bridgehead atoms. The molecule has 3 aromatic rings. The summed E-state index contributed by atoms with van der Waals surface area (Å²) in [7, 11) is 1.56. The summed E-state index contributed by atoms with van der Waals surface area (Å²) < 4.78 is 11.1. The van der Waals surface area contributed by atoms with Gasteiger partial charge in [0.2, 0.25) is 0 Å². The molecule has 0 saturated heterocycles. The number of ether oxygens (including phenoxy) is 1.